The van der Waals surface area contributed by atoms with Crippen molar-refractivity contribution in [3.63, 3.8) is 0 Å². The fraction of sp³-hybridized carbons (Fsp3) is 0.0714. The quantitative estimate of drug-likeness (QED) is 0.674. The minimum atomic E-state index is 0. The summed E-state index contributed by atoms with van der Waals surface area (Å²) in [6, 6.07) is 13.6. The Hall–Kier alpha value is -1.13. The molecule has 114 valence electrons. The van der Waals surface area contributed by atoms with Crippen LogP contribution in [0.4, 0.5) is 5.69 Å². The minimum absolute atomic E-state index is 0. The van der Waals surface area contributed by atoms with E-state index in [2.05, 4.69) is 15.6 Å². The molecule has 3 nitrogen and oxygen atoms in total. The van der Waals surface area contributed by atoms with Gasteiger partial charge in [0, 0.05) is 17.3 Å². The van der Waals surface area contributed by atoms with Gasteiger partial charge in [-0.1, -0.05) is 23.7 Å². The maximum absolute atomic E-state index is 5.98. The van der Waals surface area contributed by atoms with E-state index >= 15 is 0 Å². The average Bonchev–Trinajstić information content (AvgIpc) is 2.72. The van der Waals surface area contributed by atoms with Crippen LogP contribution >= 0.6 is 48.8 Å². The first-order valence-corrected chi connectivity index (χ1v) is 6.05. The number of fused-ring (bicyclic) bond motifs is 1. The molecule has 0 atom stereocenters. The number of halogens is 4. The summed E-state index contributed by atoms with van der Waals surface area (Å²) in [6.45, 7) is 0.751. The third-order valence-corrected chi connectivity index (χ3v) is 3.12. The number of nitrogens with zero attached hydrogens (tertiary/aromatic N) is 2. The lowest BCUT2D eigenvalue weighted by Crippen LogP contribution is -1.97. The zero-order valence-electron chi connectivity index (χ0n) is 10.9. The van der Waals surface area contributed by atoms with Crippen molar-refractivity contribution in [3.8, 4) is 0 Å². The molecular formula is C14H15Cl4N3. The highest BCUT2D eigenvalue weighted by Gasteiger charge is 2.03. The Morgan fingerprint density at radius 3 is 2.52 bits per heavy atom. The number of imidazole rings is 1. The number of nitrogens with two attached hydrogens (primary N) is 1. The van der Waals surface area contributed by atoms with Gasteiger partial charge in [-0.25, -0.2) is 4.98 Å². The molecule has 0 aliphatic carbocycles. The number of rotatable bonds is 2. The van der Waals surface area contributed by atoms with Crippen LogP contribution in [0.3, 0.4) is 0 Å². The van der Waals surface area contributed by atoms with E-state index in [-0.39, 0.29) is 37.2 Å². The van der Waals surface area contributed by atoms with E-state index in [9.17, 15) is 0 Å². The Labute approximate surface area is 146 Å². The first-order valence-electron chi connectivity index (χ1n) is 5.67. The predicted molar refractivity (Wildman–Crippen MR) is 96.4 cm³/mol. The lowest BCUT2D eigenvalue weighted by Gasteiger charge is -2.05. The van der Waals surface area contributed by atoms with E-state index in [1.165, 1.54) is 0 Å². The summed E-state index contributed by atoms with van der Waals surface area (Å²) in [6.07, 6.45) is 1.82. The number of hydrogen-bond donors (Lipinski definition) is 1. The summed E-state index contributed by atoms with van der Waals surface area (Å²) in [7, 11) is 0. The van der Waals surface area contributed by atoms with Gasteiger partial charge in [0.15, 0.2) is 0 Å². The second-order valence-corrected chi connectivity index (χ2v) is 4.69. The van der Waals surface area contributed by atoms with Gasteiger partial charge < -0.3 is 10.3 Å². The first-order chi connectivity index (χ1) is 8.72. The van der Waals surface area contributed by atoms with E-state index in [4.69, 9.17) is 17.3 Å². The fourth-order valence-electron chi connectivity index (χ4n) is 2.04. The normalized spacial score (nSPS) is 9.38. The molecular weight excluding hydrogens is 352 g/mol. The molecule has 3 aromatic rings. The smallest absolute Gasteiger partial charge is 0.0961 e. The molecule has 0 aliphatic heterocycles. The zero-order valence-corrected chi connectivity index (χ0v) is 14.1. The molecule has 2 N–H and O–H groups in total. The van der Waals surface area contributed by atoms with Crippen LogP contribution in [0.15, 0.2) is 48.8 Å². The Morgan fingerprint density at radius 1 is 1.05 bits per heavy atom. The maximum Gasteiger partial charge on any atom is 0.0961 e. The fourth-order valence-corrected chi connectivity index (χ4v) is 2.25. The Bertz CT molecular complexity index is 712. The van der Waals surface area contributed by atoms with Crippen molar-refractivity contribution >= 4 is 65.5 Å². The van der Waals surface area contributed by atoms with Gasteiger partial charge in [-0.2, -0.15) is 0 Å². The highest BCUT2D eigenvalue weighted by molar-refractivity contribution is 6.30. The number of aromatic nitrogens is 2. The summed E-state index contributed by atoms with van der Waals surface area (Å²) >= 11 is 5.98. The van der Waals surface area contributed by atoms with Crippen LogP contribution in [0.2, 0.25) is 5.02 Å². The largest absolute Gasteiger partial charge is 0.399 e. The van der Waals surface area contributed by atoms with Crippen LogP contribution in [0, 0.1) is 0 Å². The Morgan fingerprint density at radius 2 is 1.81 bits per heavy atom. The van der Waals surface area contributed by atoms with Gasteiger partial charge in [0.1, 0.15) is 0 Å². The molecule has 0 spiro atoms. The molecule has 0 radical (unpaired) electrons. The Balaban J connectivity index is 0.00000133. The molecule has 0 amide bonds. The van der Waals surface area contributed by atoms with E-state index in [1.54, 1.807) is 0 Å². The molecule has 0 bridgehead atoms. The summed E-state index contributed by atoms with van der Waals surface area (Å²) < 4.78 is 2.08. The molecule has 0 unspecified atom stereocenters. The second-order valence-electron chi connectivity index (χ2n) is 4.25. The third-order valence-electron chi connectivity index (χ3n) is 2.89. The van der Waals surface area contributed by atoms with Crippen LogP contribution in [0.1, 0.15) is 5.56 Å². The minimum Gasteiger partial charge on any atom is -0.399 e. The number of anilines is 1. The molecule has 7 heteroatoms. The molecule has 0 aliphatic rings. The average molecular weight is 367 g/mol. The van der Waals surface area contributed by atoms with E-state index < -0.39 is 0 Å². The van der Waals surface area contributed by atoms with Crippen molar-refractivity contribution < 1.29 is 0 Å². The molecule has 21 heavy (non-hydrogen) atoms. The lowest BCUT2D eigenvalue weighted by molar-refractivity contribution is 0.824. The van der Waals surface area contributed by atoms with Gasteiger partial charge in [0.2, 0.25) is 0 Å². The van der Waals surface area contributed by atoms with Crippen LogP contribution in [-0.2, 0) is 6.54 Å². The van der Waals surface area contributed by atoms with Gasteiger partial charge in [-0.15, -0.1) is 37.2 Å². The molecule has 0 fully saturated rings. The van der Waals surface area contributed by atoms with Gasteiger partial charge >= 0.3 is 0 Å². The van der Waals surface area contributed by atoms with Gasteiger partial charge in [0.25, 0.3) is 0 Å². The summed E-state index contributed by atoms with van der Waals surface area (Å²) in [5.41, 5.74) is 9.61. The van der Waals surface area contributed by atoms with Crippen LogP contribution < -0.4 is 5.73 Å². The summed E-state index contributed by atoms with van der Waals surface area (Å²) in [5, 5.41) is 0.751. The maximum atomic E-state index is 5.98. The van der Waals surface area contributed by atoms with Crippen LogP contribution in [0.25, 0.3) is 11.0 Å². The van der Waals surface area contributed by atoms with Gasteiger partial charge in [-0.05, 0) is 35.9 Å². The molecule has 0 saturated heterocycles. The van der Waals surface area contributed by atoms with Crippen molar-refractivity contribution in [2.24, 2.45) is 0 Å². The van der Waals surface area contributed by atoms with Crippen molar-refractivity contribution in [3.05, 3.63) is 59.4 Å². The third kappa shape index (κ3) is 4.42. The van der Waals surface area contributed by atoms with Crippen molar-refractivity contribution in [1.82, 2.24) is 9.55 Å². The molecule has 2 aromatic carbocycles. The van der Waals surface area contributed by atoms with Gasteiger partial charge in [-0.3, -0.25) is 0 Å². The monoisotopic (exact) mass is 365 g/mol. The van der Waals surface area contributed by atoms with Crippen LogP contribution in [0.5, 0.6) is 0 Å². The van der Waals surface area contributed by atoms with Crippen molar-refractivity contribution in [2.75, 3.05) is 5.73 Å². The Kier molecular flexibility index (Phi) is 7.90. The van der Waals surface area contributed by atoms with E-state index in [0.29, 0.717) is 0 Å². The lowest BCUT2D eigenvalue weighted by atomic mass is 10.2. The molecule has 0 saturated carbocycles. The van der Waals surface area contributed by atoms with Gasteiger partial charge in [0.05, 0.1) is 17.4 Å². The standard InChI is InChI=1S/C14H12ClN3.3ClH/c15-11-3-1-2-10(6-11)8-18-9-17-13-7-12(16)4-5-14(13)18;;;/h1-7,9H,8,16H2;3*1H. The number of hydrogen-bond acceptors (Lipinski definition) is 2. The zero-order chi connectivity index (χ0) is 12.5. The highest BCUT2D eigenvalue weighted by Crippen LogP contribution is 2.18. The number of nitrogen functional groups attached to an aromatic ring is 1. The topological polar surface area (TPSA) is 43.8 Å². The van der Waals surface area contributed by atoms with Crippen molar-refractivity contribution in [1.29, 1.82) is 0 Å². The number of benzene rings is 2. The molecule has 1 heterocycles. The predicted octanol–water partition coefficient (Wildman–Crippen LogP) is 4.59. The van der Waals surface area contributed by atoms with E-state index in [1.807, 2.05) is 42.7 Å². The first kappa shape index (κ1) is 19.9. The van der Waals surface area contributed by atoms with E-state index in [0.717, 1.165) is 33.9 Å². The summed E-state index contributed by atoms with van der Waals surface area (Å²) in [4.78, 5) is 4.35. The summed E-state index contributed by atoms with van der Waals surface area (Å²) in [5.74, 6) is 0. The van der Waals surface area contributed by atoms with Crippen LogP contribution in [-0.4, -0.2) is 9.55 Å². The molecule has 3 rings (SSSR count). The highest BCUT2D eigenvalue weighted by atomic mass is 35.5. The SMILES string of the molecule is Cl.Cl.Cl.Nc1ccc2c(c1)ncn2Cc1cccc(Cl)c1. The second kappa shape index (κ2) is 8.35. The molecule has 1 aromatic heterocycles. The van der Waals surface area contributed by atoms with Crippen molar-refractivity contribution in [2.45, 2.75) is 6.54 Å².